The molecule has 4 aliphatic rings. The molecule has 0 aromatic carbocycles. The summed E-state index contributed by atoms with van der Waals surface area (Å²) in [5.41, 5.74) is 1.05. The third kappa shape index (κ3) is 1.98. The lowest BCUT2D eigenvalue weighted by Gasteiger charge is -2.58. The van der Waals surface area contributed by atoms with Gasteiger partial charge in [0.25, 0.3) is 0 Å². The predicted octanol–water partition coefficient (Wildman–Crippen LogP) is 3.71. The number of rotatable bonds is 1. The summed E-state index contributed by atoms with van der Waals surface area (Å²) in [6.07, 6.45) is 10.0. The summed E-state index contributed by atoms with van der Waals surface area (Å²) in [4.78, 5) is 24.4. The molecule has 0 saturated heterocycles. The zero-order valence-corrected chi connectivity index (χ0v) is 14.6. The van der Waals surface area contributed by atoms with E-state index in [0.717, 1.165) is 31.6 Å². The first-order valence-corrected chi connectivity index (χ1v) is 9.24. The summed E-state index contributed by atoms with van der Waals surface area (Å²) in [5, 5.41) is 0. The van der Waals surface area contributed by atoms with Gasteiger partial charge >= 0.3 is 0 Å². The molecular weight excluding hydrogens is 288 g/mol. The van der Waals surface area contributed by atoms with Crippen molar-refractivity contribution < 1.29 is 14.3 Å². The third-order valence-corrected chi connectivity index (χ3v) is 7.98. The second kappa shape index (κ2) is 5.02. The molecule has 3 fully saturated rings. The van der Waals surface area contributed by atoms with Gasteiger partial charge in [0.05, 0.1) is 11.5 Å². The van der Waals surface area contributed by atoms with Crippen LogP contribution in [0.25, 0.3) is 0 Å². The molecule has 0 N–H and O–H groups in total. The zero-order valence-electron chi connectivity index (χ0n) is 14.6. The van der Waals surface area contributed by atoms with Gasteiger partial charge in [-0.05, 0) is 86.7 Å². The minimum absolute atomic E-state index is 0.152. The fraction of sp³-hybridized carbons (Fsp3) is 0.800. The quantitative estimate of drug-likeness (QED) is 0.693. The average Bonchev–Trinajstić information content (AvgIpc) is 2.78. The molecule has 6 atom stereocenters. The summed E-state index contributed by atoms with van der Waals surface area (Å²) in [6, 6.07) is 0. The van der Waals surface area contributed by atoms with E-state index in [0.29, 0.717) is 23.4 Å². The molecule has 0 heterocycles. The van der Waals surface area contributed by atoms with Crippen LogP contribution >= 0.6 is 0 Å². The van der Waals surface area contributed by atoms with Crippen LogP contribution in [0.15, 0.2) is 11.6 Å². The minimum Gasteiger partial charge on any atom is -0.381 e. The van der Waals surface area contributed by atoms with Crippen LogP contribution in [-0.4, -0.2) is 24.8 Å². The Balaban J connectivity index is 1.66. The second-order valence-electron chi connectivity index (χ2n) is 8.79. The van der Waals surface area contributed by atoms with E-state index in [2.05, 4.69) is 6.92 Å². The molecule has 3 nitrogen and oxygen atoms in total. The van der Waals surface area contributed by atoms with Crippen molar-refractivity contribution in [2.45, 2.75) is 64.9 Å². The number of carbonyl (C=O) groups is 2. The molecule has 4 aliphatic carbocycles. The van der Waals surface area contributed by atoms with Crippen molar-refractivity contribution in [2.75, 3.05) is 7.11 Å². The highest BCUT2D eigenvalue weighted by Gasteiger charge is 2.59. The van der Waals surface area contributed by atoms with Gasteiger partial charge in [-0.3, -0.25) is 9.59 Å². The Labute approximate surface area is 138 Å². The Morgan fingerprint density at radius 3 is 2.61 bits per heavy atom. The van der Waals surface area contributed by atoms with Crippen molar-refractivity contribution in [1.29, 1.82) is 0 Å². The molecule has 23 heavy (non-hydrogen) atoms. The summed E-state index contributed by atoms with van der Waals surface area (Å²) in [5.74, 6) is 1.42. The third-order valence-electron chi connectivity index (χ3n) is 7.98. The van der Waals surface area contributed by atoms with E-state index < -0.39 is 5.41 Å². The maximum atomic E-state index is 12.4. The molecule has 0 spiro atoms. The molecule has 4 rings (SSSR count). The Bertz CT molecular complexity index is 592. The fourth-order valence-electron chi connectivity index (χ4n) is 6.46. The lowest BCUT2D eigenvalue weighted by molar-refractivity contribution is -0.139. The predicted molar refractivity (Wildman–Crippen MR) is 87.9 cm³/mol. The molecular formula is C20H28O3. The maximum absolute atomic E-state index is 12.4. The van der Waals surface area contributed by atoms with Crippen molar-refractivity contribution in [2.24, 2.45) is 28.6 Å². The smallest absolute Gasteiger partial charge is 0.222 e. The summed E-state index contributed by atoms with van der Waals surface area (Å²) >= 11 is 0. The van der Waals surface area contributed by atoms with E-state index in [4.69, 9.17) is 4.74 Å². The Morgan fingerprint density at radius 2 is 1.87 bits per heavy atom. The SMILES string of the molecule is COC1CC[C@@]2(C)C(CC[C@H]3C4=CC(=O)C(=O)[C@@]4(C)CC[C@@H]32)C1. The minimum atomic E-state index is -0.481. The maximum Gasteiger partial charge on any atom is 0.222 e. The fourth-order valence-corrected chi connectivity index (χ4v) is 6.46. The van der Waals surface area contributed by atoms with Gasteiger partial charge in [-0.1, -0.05) is 6.92 Å². The van der Waals surface area contributed by atoms with Gasteiger partial charge in [0.2, 0.25) is 11.6 Å². The lowest BCUT2D eigenvalue weighted by Crippen LogP contribution is -2.52. The number of methoxy groups -OCH3 is 1. The van der Waals surface area contributed by atoms with Crippen LogP contribution in [0, 0.1) is 28.6 Å². The summed E-state index contributed by atoms with van der Waals surface area (Å²) < 4.78 is 5.63. The van der Waals surface area contributed by atoms with Crippen molar-refractivity contribution >= 4 is 11.6 Å². The zero-order chi connectivity index (χ0) is 16.4. The van der Waals surface area contributed by atoms with Gasteiger partial charge in [0.1, 0.15) is 0 Å². The van der Waals surface area contributed by atoms with Crippen LogP contribution in [-0.2, 0) is 14.3 Å². The van der Waals surface area contributed by atoms with Gasteiger partial charge in [0, 0.05) is 7.11 Å². The molecule has 3 heteroatoms. The molecule has 0 bridgehead atoms. The summed E-state index contributed by atoms with van der Waals surface area (Å²) in [7, 11) is 1.84. The Hall–Kier alpha value is -0.960. The average molecular weight is 316 g/mol. The summed E-state index contributed by atoms with van der Waals surface area (Å²) in [6.45, 7) is 4.49. The van der Waals surface area contributed by atoms with Gasteiger partial charge in [-0.25, -0.2) is 0 Å². The van der Waals surface area contributed by atoms with Gasteiger partial charge < -0.3 is 4.74 Å². The lowest BCUT2D eigenvalue weighted by atomic mass is 9.46. The number of hydrogen-bond acceptors (Lipinski definition) is 3. The number of allylic oxidation sites excluding steroid dienone is 2. The largest absolute Gasteiger partial charge is 0.381 e. The molecule has 0 aromatic rings. The van der Waals surface area contributed by atoms with E-state index in [1.165, 1.54) is 24.8 Å². The Morgan fingerprint density at radius 1 is 1.09 bits per heavy atom. The normalized spacial score (nSPS) is 49.3. The molecule has 0 radical (unpaired) electrons. The second-order valence-corrected chi connectivity index (χ2v) is 8.79. The van der Waals surface area contributed by atoms with Crippen LogP contribution in [0.1, 0.15) is 58.8 Å². The molecule has 3 saturated carbocycles. The molecule has 2 unspecified atom stereocenters. The van der Waals surface area contributed by atoms with Crippen molar-refractivity contribution in [3.8, 4) is 0 Å². The van der Waals surface area contributed by atoms with Crippen LogP contribution in [0.5, 0.6) is 0 Å². The molecule has 126 valence electrons. The first-order valence-electron chi connectivity index (χ1n) is 9.24. The highest BCUT2D eigenvalue weighted by atomic mass is 16.5. The van der Waals surface area contributed by atoms with Crippen molar-refractivity contribution in [1.82, 2.24) is 0 Å². The highest BCUT2D eigenvalue weighted by Crippen LogP contribution is 2.64. The van der Waals surface area contributed by atoms with Gasteiger partial charge in [0.15, 0.2) is 0 Å². The van der Waals surface area contributed by atoms with Crippen molar-refractivity contribution in [3.63, 3.8) is 0 Å². The van der Waals surface area contributed by atoms with E-state index in [9.17, 15) is 9.59 Å². The van der Waals surface area contributed by atoms with Crippen LogP contribution in [0.4, 0.5) is 0 Å². The van der Waals surface area contributed by atoms with E-state index in [1.54, 1.807) is 6.08 Å². The first-order chi connectivity index (χ1) is 10.9. The van der Waals surface area contributed by atoms with Gasteiger partial charge in [-0.15, -0.1) is 0 Å². The highest BCUT2D eigenvalue weighted by molar-refractivity contribution is 6.46. The number of ketones is 2. The Kier molecular flexibility index (Phi) is 3.39. The molecule has 0 aromatic heterocycles. The van der Waals surface area contributed by atoms with E-state index in [-0.39, 0.29) is 11.6 Å². The van der Waals surface area contributed by atoms with Crippen molar-refractivity contribution in [3.05, 3.63) is 11.6 Å². The number of fused-ring (bicyclic) bond motifs is 5. The number of carbonyl (C=O) groups excluding carboxylic acids is 2. The number of Topliss-reactive ketones (excluding diaryl/α,β-unsaturated/α-hetero) is 1. The molecule has 0 aliphatic heterocycles. The topological polar surface area (TPSA) is 43.4 Å². The van der Waals surface area contributed by atoms with E-state index in [1.807, 2.05) is 14.0 Å². The van der Waals surface area contributed by atoms with Crippen LogP contribution in [0.3, 0.4) is 0 Å². The van der Waals surface area contributed by atoms with Gasteiger partial charge in [-0.2, -0.15) is 0 Å². The van der Waals surface area contributed by atoms with Crippen LogP contribution < -0.4 is 0 Å². The monoisotopic (exact) mass is 316 g/mol. The standard InChI is InChI=1S/C20H28O3/c1-19-8-6-13(23-3)10-12(19)4-5-14-15(19)7-9-20(2)16(14)11-17(21)18(20)22/h11-15H,4-10H2,1-3H3/t12?,13?,14-,15+,19+,20+/m1/s1. The number of hydrogen-bond donors (Lipinski definition) is 0. The van der Waals surface area contributed by atoms with Crippen LogP contribution in [0.2, 0.25) is 0 Å². The number of ether oxygens (including phenoxy) is 1. The molecule has 0 amide bonds. The first kappa shape index (κ1) is 15.6. The van der Waals surface area contributed by atoms with E-state index >= 15 is 0 Å².